The van der Waals surface area contributed by atoms with Gasteiger partial charge in [-0.05, 0) is 86.5 Å². The number of anilines is 1. The summed E-state index contributed by atoms with van der Waals surface area (Å²) in [5.41, 5.74) is 15.0. The molecule has 14 nitrogen and oxygen atoms in total. The van der Waals surface area contributed by atoms with Crippen molar-refractivity contribution in [3.63, 3.8) is 0 Å². The number of alkyl halides is 1. The van der Waals surface area contributed by atoms with Crippen LogP contribution in [0.1, 0.15) is 52.0 Å². The highest BCUT2D eigenvalue weighted by molar-refractivity contribution is 6.23. The van der Waals surface area contributed by atoms with Gasteiger partial charge in [0, 0.05) is 82.3 Å². The minimum Gasteiger partial charge on any atom is -0.507 e. The molecule has 2 aromatic rings. The van der Waals surface area contributed by atoms with Crippen LogP contribution in [0.4, 0.5) is 14.5 Å². The van der Waals surface area contributed by atoms with Gasteiger partial charge in [0.15, 0.2) is 0 Å². The Bertz CT molecular complexity index is 2000. The number of piperazine rings is 1. The monoisotopic (exact) mass is 773 g/mol. The molecule has 5 atom stereocenters. The third kappa shape index (κ3) is 7.27. The number of halogens is 2. The van der Waals surface area contributed by atoms with Crippen LogP contribution >= 0.6 is 0 Å². The molecule has 1 aliphatic carbocycles. The number of imide groups is 2. The van der Waals surface area contributed by atoms with E-state index in [2.05, 4.69) is 32.4 Å². The topological polar surface area (TPSA) is 181 Å². The third-order valence-corrected chi connectivity index (χ3v) is 12.4. The summed E-state index contributed by atoms with van der Waals surface area (Å²) < 4.78 is 27.3. The van der Waals surface area contributed by atoms with Crippen molar-refractivity contribution in [3.05, 3.63) is 76.5 Å². The van der Waals surface area contributed by atoms with Crippen molar-refractivity contribution in [1.82, 2.24) is 30.2 Å². The predicted molar refractivity (Wildman–Crippen MR) is 204 cm³/mol. The van der Waals surface area contributed by atoms with Crippen LogP contribution in [0.2, 0.25) is 0 Å². The quantitative estimate of drug-likeness (QED) is 0.267. The van der Waals surface area contributed by atoms with Crippen molar-refractivity contribution in [2.75, 3.05) is 70.9 Å². The Kier molecular flexibility index (Phi) is 10.1. The Morgan fingerprint density at radius 1 is 0.964 bits per heavy atom. The summed E-state index contributed by atoms with van der Waals surface area (Å²) in [7, 11) is 2.22. The fourth-order valence-electron chi connectivity index (χ4n) is 9.42. The number of likely N-dealkylation sites (tertiary alicyclic amines) is 1. The molecule has 5 unspecified atom stereocenters. The smallest absolute Gasteiger partial charge is 0.262 e. The molecule has 0 spiro atoms. The number of rotatable bonds is 6. The highest BCUT2D eigenvalue weighted by Gasteiger charge is 2.55. The zero-order chi connectivity index (χ0) is 39.4. The lowest BCUT2D eigenvalue weighted by molar-refractivity contribution is -0.136. The standard InChI is InChI=1S/C22H31FN6O.C18H18FN3O4/c1-27-10-16-17(11-27)18(16)12-28-4-5-29-14(9-28)8-26-22(25)20(29)7-19(24)15-6-13(23)2-3-21(15)30;19-10-2-1-7-21(9-10)11-3-4-12-13(8-11)18(26)22(17(12)25)14-5-6-15(23)20-16(14)24/h2-3,6-7,14,16-18,26,30H,4-5,8-12,24-25H2,1H3;3-4,8,10,14H,1-2,5-7,9H2,(H,20,23,24)/b19-7-;. The number of phenols is 1. The zero-order valence-electron chi connectivity index (χ0n) is 31.4. The number of piperidine rings is 3. The second kappa shape index (κ2) is 15.0. The van der Waals surface area contributed by atoms with E-state index in [1.807, 2.05) is 4.90 Å². The lowest BCUT2D eigenvalue weighted by Crippen LogP contribution is -2.59. The Hall–Kier alpha value is -5.22. The van der Waals surface area contributed by atoms with Crippen LogP contribution in [-0.2, 0) is 9.59 Å². The lowest BCUT2D eigenvalue weighted by Gasteiger charge is -2.46. The number of phenolic OH excluding ortho intramolecular Hbond substituents is 1. The first-order valence-corrected chi connectivity index (χ1v) is 19.5. The maximum absolute atomic E-state index is 13.7. The van der Waals surface area contributed by atoms with Gasteiger partial charge in [0.25, 0.3) is 11.8 Å². The van der Waals surface area contributed by atoms with Crippen molar-refractivity contribution < 1.29 is 33.1 Å². The van der Waals surface area contributed by atoms with Gasteiger partial charge in [-0.2, -0.15) is 0 Å². The molecule has 56 heavy (non-hydrogen) atoms. The molecule has 16 heteroatoms. The summed E-state index contributed by atoms with van der Waals surface area (Å²) >= 11 is 0. The van der Waals surface area contributed by atoms with Crippen molar-refractivity contribution in [2.45, 2.75) is 43.9 Å². The van der Waals surface area contributed by atoms with E-state index in [0.29, 0.717) is 36.2 Å². The molecule has 4 amide bonds. The number of hydrogen-bond acceptors (Lipinski definition) is 12. The molecule has 4 saturated heterocycles. The molecule has 5 fully saturated rings. The van der Waals surface area contributed by atoms with Crippen LogP contribution in [0.5, 0.6) is 5.75 Å². The minimum atomic E-state index is -0.978. The Morgan fingerprint density at radius 2 is 1.73 bits per heavy atom. The van der Waals surface area contributed by atoms with Crippen LogP contribution in [0.25, 0.3) is 5.70 Å². The Labute approximate surface area is 324 Å². The van der Waals surface area contributed by atoms with Crippen molar-refractivity contribution in [3.8, 4) is 5.75 Å². The number of benzene rings is 2. The van der Waals surface area contributed by atoms with E-state index in [1.54, 1.807) is 24.3 Å². The third-order valence-electron chi connectivity index (χ3n) is 12.4. The number of amides is 4. The summed E-state index contributed by atoms with van der Waals surface area (Å²) in [5, 5.41) is 15.5. The van der Waals surface area contributed by atoms with Crippen LogP contribution in [0, 0.1) is 23.6 Å². The summed E-state index contributed by atoms with van der Waals surface area (Å²) in [6.07, 6.45) is 2.31. The highest BCUT2D eigenvalue weighted by atomic mass is 19.1. The van der Waals surface area contributed by atoms with Crippen LogP contribution in [0.3, 0.4) is 0 Å². The van der Waals surface area contributed by atoms with Crippen LogP contribution in [-0.4, -0.2) is 133 Å². The number of carbonyl (C=O) groups is 4. The molecule has 6 heterocycles. The number of hydrogen-bond donors (Lipinski definition) is 5. The van der Waals surface area contributed by atoms with Crippen molar-refractivity contribution >= 4 is 35.0 Å². The number of fused-ring (bicyclic) bond motifs is 3. The van der Waals surface area contributed by atoms with E-state index in [1.165, 1.54) is 37.8 Å². The van der Waals surface area contributed by atoms with Crippen molar-refractivity contribution in [2.24, 2.45) is 29.2 Å². The Morgan fingerprint density at radius 3 is 2.48 bits per heavy atom. The number of nitrogens with one attached hydrogen (secondary N) is 2. The summed E-state index contributed by atoms with van der Waals surface area (Å²) in [5.74, 6) is 0.608. The first kappa shape index (κ1) is 37.7. The molecule has 7 aliphatic rings. The van der Waals surface area contributed by atoms with E-state index >= 15 is 0 Å². The molecular formula is C40H49F2N9O5. The second-order valence-corrected chi connectivity index (χ2v) is 16.1. The normalized spacial score (nSPS) is 29.3. The zero-order valence-corrected chi connectivity index (χ0v) is 31.4. The van der Waals surface area contributed by atoms with E-state index in [4.69, 9.17) is 11.5 Å². The van der Waals surface area contributed by atoms with Crippen LogP contribution in [0.15, 0.2) is 54.0 Å². The van der Waals surface area contributed by atoms with Crippen molar-refractivity contribution in [1.29, 1.82) is 0 Å². The van der Waals surface area contributed by atoms with Gasteiger partial charge in [0.1, 0.15) is 29.6 Å². The second-order valence-electron chi connectivity index (χ2n) is 16.1. The molecule has 0 bridgehead atoms. The number of nitrogens with two attached hydrogens (primary N) is 2. The average Bonchev–Trinajstić information content (AvgIpc) is 3.49. The van der Waals surface area contributed by atoms with Gasteiger partial charge in [-0.1, -0.05) is 0 Å². The van der Waals surface area contributed by atoms with Gasteiger partial charge in [-0.15, -0.1) is 0 Å². The SMILES string of the molecule is CN1CC2C(C1)C2CN1CCN2C(/C=C(\N)c3cc(F)ccc3O)=C(N)NCC2C1.O=C1CCC(N2C(=O)c3ccc(N4CCCC(F)C4)cc3C2=O)C(=O)N1. The molecular weight excluding hydrogens is 724 g/mol. The number of carbonyl (C=O) groups excluding carboxylic acids is 4. The number of allylic oxidation sites excluding steroid dienone is 1. The van der Waals surface area contributed by atoms with Crippen LogP contribution < -0.4 is 27.0 Å². The summed E-state index contributed by atoms with van der Waals surface area (Å²) in [6, 6.07) is 7.96. The van der Waals surface area contributed by atoms with E-state index in [0.717, 1.165) is 61.0 Å². The summed E-state index contributed by atoms with van der Waals surface area (Å²) in [4.78, 5) is 58.9. The molecule has 0 radical (unpaired) electrons. The molecule has 7 N–H and O–H groups in total. The lowest BCUT2D eigenvalue weighted by atomic mass is 10.0. The first-order chi connectivity index (χ1) is 26.9. The fourth-order valence-corrected chi connectivity index (χ4v) is 9.42. The molecule has 2 aromatic carbocycles. The summed E-state index contributed by atoms with van der Waals surface area (Å²) in [6.45, 7) is 8.31. The highest BCUT2D eigenvalue weighted by Crippen LogP contribution is 2.51. The number of aromatic hydroxyl groups is 1. The molecule has 1 saturated carbocycles. The molecule has 9 rings (SSSR count). The van der Waals surface area contributed by atoms with Gasteiger partial charge < -0.3 is 36.6 Å². The fraction of sp³-hybridized carbons (Fsp3) is 0.500. The molecule has 0 aromatic heterocycles. The molecule has 6 aliphatic heterocycles. The van der Waals surface area contributed by atoms with E-state index in [9.17, 15) is 33.1 Å². The van der Waals surface area contributed by atoms with E-state index < -0.39 is 41.7 Å². The Balaban J connectivity index is 0.000000159. The number of nitrogens with zero attached hydrogens (tertiary/aromatic N) is 5. The first-order valence-electron chi connectivity index (χ1n) is 19.5. The van der Waals surface area contributed by atoms with Gasteiger partial charge in [0.2, 0.25) is 11.8 Å². The largest absolute Gasteiger partial charge is 0.507 e. The van der Waals surface area contributed by atoms with Gasteiger partial charge >= 0.3 is 0 Å². The maximum atomic E-state index is 13.7. The van der Waals surface area contributed by atoms with E-state index in [-0.39, 0.29) is 41.8 Å². The molecule has 298 valence electrons. The van der Waals surface area contributed by atoms with Gasteiger partial charge in [-0.25, -0.2) is 8.78 Å². The predicted octanol–water partition coefficient (Wildman–Crippen LogP) is 1.38. The van der Waals surface area contributed by atoms with Gasteiger partial charge in [-0.3, -0.25) is 34.3 Å². The minimum absolute atomic E-state index is 0.0462. The average molecular weight is 774 g/mol. The maximum Gasteiger partial charge on any atom is 0.262 e. The van der Waals surface area contributed by atoms with Gasteiger partial charge in [0.05, 0.1) is 22.9 Å².